The van der Waals surface area contributed by atoms with Crippen LogP contribution in [-0.4, -0.2) is 17.1 Å². The highest BCUT2D eigenvalue weighted by Gasteiger charge is 2.19. The Morgan fingerprint density at radius 2 is 1.94 bits per heavy atom. The molecule has 5 heteroatoms. The molecule has 18 heavy (non-hydrogen) atoms. The molecule has 1 N–H and O–H groups in total. The van der Waals surface area contributed by atoms with E-state index in [-0.39, 0.29) is 6.10 Å². The van der Waals surface area contributed by atoms with E-state index in [1.165, 1.54) is 0 Å². The summed E-state index contributed by atoms with van der Waals surface area (Å²) in [5.74, 6) is 1.72. The van der Waals surface area contributed by atoms with Gasteiger partial charge in [0.15, 0.2) is 0 Å². The van der Waals surface area contributed by atoms with Crippen molar-refractivity contribution in [2.75, 3.05) is 7.11 Å². The third-order valence-electron chi connectivity index (χ3n) is 2.69. The molecule has 0 radical (unpaired) electrons. The SMILES string of the molecule is COC(c1nc(=S)c(Br)c(CC(C)C)[nH]1)C(C)C. The molecule has 1 unspecified atom stereocenters. The van der Waals surface area contributed by atoms with E-state index in [9.17, 15) is 0 Å². The highest BCUT2D eigenvalue weighted by Crippen LogP contribution is 2.26. The van der Waals surface area contributed by atoms with Crippen molar-refractivity contribution < 1.29 is 4.74 Å². The summed E-state index contributed by atoms with van der Waals surface area (Å²) in [7, 11) is 1.70. The number of aromatic amines is 1. The average molecular weight is 333 g/mol. The Balaban J connectivity index is 3.22. The van der Waals surface area contributed by atoms with Crippen LogP contribution in [0.25, 0.3) is 0 Å². The summed E-state index contributed by atoms with van der Waals surface area (Å²) in [5, 5.41) is 0. The molecule has 0 fully saturated rings. The summed E-state index contributed by atoms with van der Waals surface area (Å²) in [6.07, 6.45) is 0.888. The van der Waals surface area contributed by atoms with Gasteiger partial charge in [-0.05, 0) is 34.2 Å². The smallest absolute Gasteiger partial charge is 0.144 e. The molecular weight excluding hydrogens is 312 g/mol. The number of halogens is 1. The Labute approximate surface area is 122 Å². The Hall–Kier alpha value is -0.260. The fourth-order valence-electron chi connectivity index (χ4n) is 1.91. The number of nitrogens with zero attached hydrogens (tertiary/aromatic N) is 1. The lowest BCUT2D eigenvalue weighted by molar-refractivity contribution is 0.0571. The number of methoxy groups -OCH3 is 1. The number of H-pyrrole nitrogens is 1. The second-order valence-corrected chi connectivity index (χ2v) is 6.40. The molecule has 0 saturated carbocycles. The summed E-state index contributed by atoms with van der Waals surface area (Å²) < 4.78 is 6.99. The summed E-state index contributed by atoms with van der Waals surface area (Å²) in [6.45, 7) is 8.58. The lowest BCUT2D eigenvalue weighted by Gasteiger charge is -2.20. The molecule has 102 valence electrons. The van der Waals surface area contributed by atoms with Crippen LogP contribution in [0.1, 0.15) is 45.3 Å². The molecule has 1 atom stereocenters. The zero-order valence-corrected chi connectivity index (χ0v) is 14.0. The topological polar surface area (TPSA) is 37.9 Å². The Kier molecular flexibility index (Phi) is 5.95. The zero-order chi connectivity index (χ0) is 13.9. The number of rotatable bonds is 5. The number of hydrogen-bond acceptors (Lipinski definition) is 3. The van der Waals surface area contributed by atoms with E-state index in [1.54, 1.807) is 7.11 Å². The highest BCUT2D eigenvalue weighted by atomic mass is 79.9. The summed E-state index contributed by atoms with van der Waals surface area (Å²) in [5.41, 5.74) is 1.10. The first-order valence-corrected chi connectivity index (χ1v) is 7.38. The first-order chi connectivity index (χ1) is 8.36. The Bertz CT molecular complexity index is 457. The molecule has 3 nitrogen and oxygen atoms in total. The van der Waals surface area contributed by atoms with Crippen LogP contribution in [-0.2, 0) is 11.2 Å². The number of ether oxygens (including phenoxy) is 1. The van der Waals surface area contributed by atoms with Gasteiger partial charge < -0.3 is 9.72 Å². The van der Waals surface area contributed by atoms with Crippen molar-refractivity contribution >= 4 is 28.1 Å². The molecule has 1 aromatic rings. The van der Waals surface area contributed by atoms with E-state index in [2.05, 4.69) is 53.6 Å². The monoisotopic (exact) mass is 332 g/mol. The maximum Gasteiger partial charge on any atom is 0.144 e. The van der Waals surface area contributed by atoms with Crippen LogP contribution in [0.15, 0.2) is 4.47 Å². The Morgan fingerprint density at radius 1 is 1.33 bits per heavy atom. The van der Waals surface area contributed by atoms with E-state index >= 15 is 0 Å². The van der Waals surface area contributed by atoms with E-state index in [0.29, 0.717) is 16.5 Å². The molecule has 0 aliphatic rings. The quantitative estimate of drug-likeness (QED) is 0.810. The van der Waals surface area contributed by atoms with Gasteiger partial charge in [-0.15, -0.1) is 0 Å². The molecule has 0 saturated heterocycles. The minimum atomic E-state index is -0.0503. The van der Waals surface area contributed by atoms with Gasteiger partial charge in [0, 0.05) is 12.8 Å². The second-order valence-electron chi connectivity index (χ2n) is 5.22. The normalized spacial score (nSPS) is 13.3. The highest BCUT2D eigenvalue weighted by molar-refractivity contribution is 9.10. The van der Waals surface area contributed by atoms with Crippen molar-refractivity contribution in [1.29, 1.82) is 0 Å². The second kappa shape index (κ2) is 6.78. The maximum atomic E-state index is 5.50. The summed E-state index contributed by atoms with van der Waals surface area (Å²) >= 11 is 8.81. The molecule has 0 aromatic carbocycles. The molecule has 1 aromatic heterocycles. The molecular formula is C13H21BrN2OS. The van der Waals surface area contributed by atoms with E-state index in [1.807, 2.05) is 0 Å². The largest absolute Gasteiger partial charge is 0.373 e. The van der Waals surface area contributed by atoms with Crippen molar-refractivity contribution in [1.82, 2.24) is 9.97 Å². The van der Waals surface area contributed by atoms with E-state index in [4.69, 9.17) is 17.0 Å². The molecule has 0 aliphatic carbocycles. The van der Waals surface area contributed by atoms with Gasteiger partial charge in [0.25, 0.3) is 0 Å². The summed E-state index contributed by atoms with van der Waals surface area (Å²) in [6, 6.07) is 0. The minimum absolute atomic E-state index is 0.0503. The van der Waals surface area contributed by atoms with Gasteiger partial charge in [-0.3, -0.25) is 0 Å². The van der Waals surface area contributed by atoms with Crippen LogP contribution in [0.3, 0.4) is 0 Å². The first kappa shape index (κ1) is 15.8. The molecule has 0 aliphatic heterocycles. The van der Waals surface area contributed by atoms with Gasteiger partial charge in [0.05, 0.1) is 4.47 Å². The molecule has 0 spiro atoms. The van der Waals surface area contributed by atoms with Gasteiger partial charge in [0.1, 0.15) is 16.6 Å². The fraction of sp³-hybridized carbons (Fsp3) is 0.692. The van der Waals surface area contributed by atoms with Crippen LogP contribution in [0.5, 0.6) is 0 Å². The average Bonchev–Trinajstić information content (AvgIpc) is 2.24. The maximum absolute atomic E-state index is 5.50. The predicted molar refractivity (Wildman–Crippen MR) is 80.3 cm³/mol. The van der Waals surface area contributed by atoms with Crippen LogP contribution in [0.4, 0.5) is 0 Å². The minimum Gasteiger partial charge on any atom is -0.373 e. The Morgan fingerprint density at radius 3 is 2.39 bits per heavy atom. The lowest BCUT2D eigenvalue weighted by atomic mass is 10.1. The third-order valence-corrected chi connectivity index (χ3v) is 4.11. The van der Waals surface area contributed by atoms with Gasteiger partial charge >= 0.3 is 0 Å². The number of hydrogen-bond donors (Lipinski definition) is 1. The van der Waals surface area contributed by atoms with E-state index < -0.39 is 0 Å². The van der Waals surface area contributed by atoms with Crippen molar-refractivity contribution in [3.8, 4) is 0 Å². The fourth-order valence-corrected chi connectivity index (χ4v) is 2.48. The third kappa shape index (κ3) is 3.87. The van der Waals surface area contributed by atoms with Crippen LogP contribution < -0.4 is 0 Å². The van der Waals surface area contributed by atoms with Gasteiger partial charge in [0.2, 0.25) is 0 Å². The van der Waals surface area contributed by atoms with Crippen molar-refractivity contribution in [3.63, 3.8) is 0 Å². The van der Waals surface area contributed by atoms with Crippen molar-refractivity contribution in [2.45, 2.75) is 40.2 Å². The van der Waals surface area contributed by atoms with Crippen molar-refractivity contribution in [3.05, 3.63) is 20.6 Å². The van der Waals surface area contributed by atoms with E-state index in [0.717, 1.165) is 22.4 Å². The van der Waals surface area contributed by atoms with Crippen molar-refractivity contribution in [2.24, 2.45) is 11.8 Å². The molecule has 1 rings (SSSR count). The molecule has 0 bridgehead atoms. The van der Waals surface area contributed by atoms with Crippen LogP contribution in [0.2, 0.25) is 0 Å². The molecule has 0 amide bonds. The van der Waals surface area contributed by atoms with Crippen LogP contribution >= 0.6 is 28.1 Å². The molecule has 1 heterocycles. The lowest BCUT2D eigenvalue weighted by Crippen LogP contribution is -2.15. The predicted octanol–water partition coefficient (Wildman–Crippen LogP) is 4.44. The number of aromatic nitrogens is 2. The first-order valence-electron chi connectivity index (χ1n) is 6.18. The summed E-state index contributed by atoms with van der Waals surface area (Å²) in [4.78, 5) is 7.79. The standard InChI is InChI=1S/C13H21BrN2OS/c1-7(2)6-9-10(14)13(18)16-12(15-9)11(17-5)8(3)4/h7-8,11H,6H2,1-5H3,(H,15,16,18). The zero-order valence-electron chi connectivity index (χ0n) is 11.6. The van der Waals surface area contributed by atoms with Gasteiger partial charge in [-0.2, -0.15) is 0 Å². The number of nitrogens with one attached hydrogen (secondary N) is 1. The van der Waals surface area contributed by atoms with Gasteiger partial charge in [-0.25, -0.2) is 4.98 Å². The van der Waals surface area contributed by atoms with Gasteiger partial charge in [-0.1, -0.05) is 39.9 Å². The van der Waals surface area contributed by atoms with Crippen LogP contribution in [0, 0.1) is 16.5 Å².